The third kappa shape index (κ3) is 2.89. The molecule has 4 heteroatoms. The SMILES string of the molecule is CNC(C(=O)O)C(NC)c1c(C)cc(C)cc1C. The normalized spacial score (nSPS) is 14.3. The fourth-order valence-corrected chi connectivity index (χ4v) is 2.59. The zero-order valence-electron chi connectivity index (χ0n) is 11.7. The fraction of sp³-hybridized carbons (Fsp3) is 0.500. The second-order valence-corrected chi connectivity index (χ2v) is 4.68. The quantitative estimate of drug-likeness (QED) is 0.742. The molecule has 0 saturated heterocycles. The van der Waals surface area contributed by atoms with E-state index in [2.05, 4.69) is 22.8 Å². The molecule has 18 heavy (non-hydrogen) atoms. The number of hydrogen-bond donors (Lipinski definition) is 3. The van der Waals surface area contributed by atoms with Gasteiger partial charge in [0.25, 0.3) is 0 Å². The summed E-state index contributed by atoms with van der Waals surface area (Å²) >= 11 is 0. The van der Waals surface area contributed by atoms with Crippen molar-refractivity contribution < 1.29 is 9.90 Å². The van der Waals surface area contributed by atoms with Crippen LogP contribution in [-0.2, 0) is 4.79 Å². The molecule has 2 unspecified atom stereocenters. The van der Waals surface area contributed by atoms with Crippen molar-refractivity contribution >= 4 is 5.97 Å². The van der Waals surface area contributed by atoms with Crippen LogP contribution in [0.25, 0.3) is 0 Å². The van der Waals surface area contributed by atoms with Crippen molar-refractivity contribution in [2.45, 2.75) is 32.9 Å². The van der Waals surface area contributed by atoms with Gasteiger partial charge in [-0.1, -0.05) is 17.7 Å². The van der Waals surface area contributed by atoms with Crippen molar-refractivity contribution in [1.82, 2.24) is 10.6 Å². The number of aryl methyl sites for hydroxylation is 3. The minimum absolute atomic E-state index is 0.243. The molecular weight excluding hydrogens is 228 g/mol. The Hall–Kier alpha value is -1.39. The first-order chi connectivity index (χ1) is 8.42. The molecule has 0 spiro atoms. The third-order valence-electron chi connectivity index (χ3n) is 3.27. The van der Waals surface area contributed by atoms with Crippen LogP contribution in [0.2, 0.25) is 0 Å². The highest BCUT2D eigenvalue weighted by molar-refractivity contribution is 5.75. The van der Waals surface area contributed by atoms with E-state index in [9.17, 15) is 9.90 Å². The van der Waals surface area contributed by atoms with Crippen LogP contribution < -0.4 is 10.6 Å². The highest BCUT2D eigenvalue weighted by Gasteiger charge is 2.28. The highest BCUT2D eigenvalue weighted by Crippen LogP contribution is 2.25. The number of aliphatic carboxylic acids is 1. The van der Waals surface area contributed by atoms with Gasteiger partial charge in [0.2, 0.25) is 0 Å². The Kier molecular flexibility index (Phi) is 4.87. The van der Waals surface area contributed by atoms with Crippen LogP contribution in [0.3, 0.4) is 0 Å². The standard InChI is InChI=1S/C14H22N2O2/c1-8-6-9(2)11(10(3)7-8)12(15-4)13(16-5)14(17)18/h6-7,12-13,15-16H,1-5H3,(H,17,18). The molecule has 0 aliphatic carbocycles. The van der Waals surface area contributed by atoms with Gasteiger partial charge >= 0.3 is 5.97 Å². The van der Waals surface area contributed by atoms with Gasteiger partial charge in [0.1, 0.15) is 6.04 Å². The molecule has 3 N–H and O–H groups in total. The summed E-state index contributed by atoms with van der Waals surface area (Å²) in [5.74, 6) is -0.851. The third-order valence-corrected chi connectivity index (χ3v) is 3.27. The number of likely N-dealkylation sites (N-methyl/N-ethyl adjacent to an activating group) is 2. The summed E-state index contributed by atoms with van der Waals surface area (Å²) in [5, 5.41) is 15.2. The van der Waals surface area contributed by atoms with Crippen LogP contribution in [0.1, 0.15) is 28.3 Å². The van der Waals surface area contributed by atoms with Crippen LogP contribution in [0.15, 0.2) is 12.1 Å². The lowest BCUT2D eigenvalue weighted by molar-refractivity contribution is -0.140. The molecule has 1 rings (SSSR count). The Labute approximate surface area is 108 Å². The Bertz CT molecular complexity index is 420. The topological polar surface area (TPSA) is 61.4 Å². The van der Waals surface area contributed by atoms with Crippen molar-refractivity contribution in [3.8, 4) is 0 Å². The lowest BCUT2D eigenvalue weighted by Crippen LogP contribution is -2.45. The molecule has 0 amide bonds. The summed E-state index contributed by atoms with van der Waals surface area (Å²) in [4.78, 5) is 11.3. The second kappa shape index (κ2) is 5.98. The number of benzene rings is 1. The van der Waals surface area contributed by atoms with Crippen LogP contribution >= 0.6 is 0 Å². The summed E-state index contributed by atoms with van der Waals surface area (Å²) < 4.78 is 0. The van der Waals surface area contributed by atoms with Crippen LogP contribution in [0.5, 0.6) is 0 Å². The number of carboxylic acid groups (broad SMARTS) is 1. The van der Waals surface area contributed by atoms with Gasteiger partial charge in [0, 0.05) is 0 Å². The summed E-state index contributed by atoms with van der Waals surface area (Å²) in [6.07, 6.45) is 0. The first-order valence-electron chi connectivity index (χ1n) is 6.07. The molecule has 0 saturated carbocycles. The summed E-state index contributed by atoms with van der Waals surface area (Å²) in [7, 11) is 3.46. The second-order valence-electron chi connectivity index (χ2n) is 4.68. The molecule has 1 aromatic carbocycles. The zero-order chi connectivity index (χ0) is 13.9. The van der Waals surface area contributed by atoms with Gasteiger partial charge in [-0.15, -0.1) is 0 Å². The van der Waals surface area contributed by atoms with E-state index in [1.54, 1.807) is 14.1 Å². The Morgan fingerprint density at radius 2 is 1.61 bits per heavy atom. The van der Waals surface area contributed by atoms with E-state index in [1.807, 2.05) is 20.8 Å². The number of nitrogens with one attached hydrogen (secondary N) is 2. The molecule has 0 fully saturated rings. The average molecular weight is 250 g/mol. The molecule has 0 aliphatic heterocycles. The van der Waals surface area contributed by atoms with Gasteiger partial charge in [-0.3, -0.25) is 4.79 Å². The molecule has 0 radical (unpaired) electrons. The van der Waals surface area contributed by atoms with Gasteiger partial charge < -0.3 is 15.7 Å². The van der Waals surface area contributed by atoms with E-state index in [0.29, 0.717) is 0 Å². The van der Waals surface area contributed by atoms with E-state index >= 15 is 0 Å². The van der Waals surface area contributed by atoms with Gasteiger partial charge in [-0.05, 0) is 51.6 Å². The van der Waals surface area contributed by atoms with Crippen LogP contribution in [0.4, 0.5) is 0 Å². The van der Waals surface area contributed by atoms with Crippen molar-refractivity contribution in [3.63, 3.8) is 0 Å². The Morgan fingerprint density at radius 3 is 1.94 bits per heavy atom. The zero-order valence-corrected chi connectivity index (χ0v) is 11.7. The number of carbonyl (C=O) groups is 1. The maximum Gasteiger partial charge on any atom is 0.322 e. The highest BCUT2D eigenvalue weighted by atomic mass is 16.4. The number of rotatable bonds is 5. The largest absolute Gasteiger partial charge is 0.480 e. The summed E-state index contributed by atoms with van der Waals surface area (Å²) in [5.41, 5.74) is 4.49. The number of carboxylic acids is 1. The monoisotopic (exact) mass is 250 g/mol. The molecule has 1 aromatic rings. The molecule has 100 valence electrons. The molecule has 0 bridgehead atoms. The average Bonchev–Trinajstić information content (AvgIpc) is 2.25. The van der Waals surface area contributed by atoms with Gasteiger partial charge in [0.15, 0.2) is 0 Å². The van der Waals surface area contributed by atoms with Crippen LogP contribution in [0, 0.1) is 20.8 Å². The predicted molar refractivity (Wildman–Crippen MR) is 72.9 cm³/mol. The van der Waals surface area contributed by atoms with Gasteiger partial charge in [0.05, 0.1) is 6.04 Å². The van der Waals surface area contributed by atoms with E-state index in [1.165, 1.54) is 5.56 Å². The smallest absolute Gasteiger partial charge is 0.322 e. The van der Waals surface area contributed by atoms with E-state index in [-0.39, 0.29) is 6.04 Å². The minimum atomic E-state index is -0.851. The van der Waals surface area contributed by atoms with E-state index in [4.69, 9.17) is 0 Å². The first-order valence-corrected chi connectivity index (χ1v) is 6.07. The molecule has 0 heterocycles. The fourth-order valence-electron chi connectivity index (χ4n) is 2.59. The molecule has 4 nitrogen and oxygen atoms in total. The van der Waals surface area contributed by atoms with Gasteiger partial charge in [-0.25, -0.2) is 0 Å². The van der Waals surface area contributed by atoms with Crippen molar-refractivity contribution in [2.75, 3.05) is 14.1 Å². The minimum Gasteiger partial charge on any atom is -0.480 e. The summed E-state index contributed by atoms with van der Waals surface area (Å²) in [6.45, 7) is 6.09. The first kappa shape index (κ1) is 14.7. The molecule has 2 atom stereocenters. The maximum absolute atomic E-state index is 11.3. The van der Waals surface area contributed by atoms with Crippen LogP contribution in [-0.4, -0.2) is 31.2 Å². The Morgan fingerprint density at radius 1 is 1.11 bits per heavy atom. The lowest BCUT2D eigenvalue weighted by atomic mass is 9.90. The predicted octanol–water partition coefficient (Wildman–Crippen LogP) is 1.54. The van der Waals surface area contributed by atoms with Crippen molar-refractivity contribution in [2.24, 2.45) is 0 Å². The van der Waals surface area contributed by atoms with Crippen molar-refractivity contribution in [1.29, 1.82) is 0 Å². The number of hydrogen-bond acceptors (Lipinski definition) is 3. The summed E-state index contributed by atoms with van der Waals surface area (Å²) in [6, 6.07) is 3.28. The maximum atomic E-state index is 11.3. The molecule has 0 aliphatic rings. The molecular formula is C14H22N2O2. The Balaban J connectivity index is 3.28. The van der Waals surface area contributed by atoms with Crippen molar-refractivity contribution in [3.05, 3.63) is 34.4 Å². The van der Waals surface area contributed by atoms with E-state index in [0.717, 1.165) is 16.7 Å². The molecule has 0 aromatic heterocycles. The van der Waals surface area contributed by atoms with E-state index < -0.39 is 12.0 Å². The van der Waals surface area contributed by atoms with Gasteiger partial charge in [-0.2, -0.15) is 0 Å². The lowest BCUT2D eigenvalue weighted by Gasteiger charge is -2.27.